The molecule has 2 heterocycles. The van der Waals surface area contributed by atoms with E-state index in [2.05, 4.69) is 10.3 Å². The molecule has 0 aliphatic heterocycles. The zero-order valence-corrected chi connectivity index (χ0v) is 15.4. The number of aromatic nitrogens is 1. The van der Waals surface area contributed by atoms with Crippen LogP contribution in [0.3, 0.4) is 0 Å². The lowest BCUT2D eigenvalue weighted by atomic mass is 10.1. The highest BCUT2D eigenvalue weighted by molar-refractivity contribution is 7.21. The van der Waals surface area contributed by atoms with Crippen LogP contribution in [0.25, 0.3) is 9.88 Å². The van der Waals surface area contributed by atoms with E-state index in [9.17, 15) is 4.79 Å². The van der Waals surface area contributed by atoms with E-state index in [1.165, 1.54) is 0 Å². The summed E-state index contributed by atoms with van der Waals surface area (Å²) in [5.74, 6) is 0.722. The largest absolute Gasteiger partial charge is 0.497 e. The van der Waals surface area contributed by atoms with Gasteiger partial charge in [-0.25, -0.2) is 4.98 Å². The third kappa shape index (κ3) is 3.83. The molecule has 124 valence electrons. The SMILES string of the molecule is COc1cccc(CC(=O)Nc2cc(-c3nc(C)cs3)sc2C)c1. The number of aryl methyl sites for hydroxylation is 2. The third-order valence-corrected chi connectivity index (χ3v) is 5.70. The summed E-state index contributed by atoms with van der Waals surface area (Å²) < 4.78 is 5.19. The van der Waals surface area contributed by atoms with Crippen LogP contribution >= 0.6 is 22.7 Å². The fraction of sp³-hybridized carbons (Fsp3) is 0.222. The van der Waals surface area contributed by atoms with Crippen LogP contribution in [0.1, 0.15) is 16.1 Å². The number of ether oxygens (including phenoxy) is 1. The summed E-state index contributed by atoms with van der Waals surface area (Å²) in [6, 6.07) is 9.56. The van der Waals surface area contributed by atoms with E-state index in [1.807, 2.05) is 49.6 Å². The normalized spacial score (nSPS) is 10.6. The van der Waals surface area contributed by atoms with Gasteiger partial charge in [-0.05, 0) is 37.6 Å². The Morgan fingerprint density at radius 2 is 2.12 bits per heavy atom. The maximum Gasteiger partial charge on any atom is 0.228 e. The number of nitrogens with zero attached hydrogens (tertiary/aromatic N) is 1. The van der Waals surface area contributed by atoms with E-state index in [0.29, 0.717) is 6.42 Å². The van der Waals surface area contributed by atoms with Gasteiger partial charge in [-0.15, -0.1) is 22.7 Å². The number of thiophene rings is 1. The van der Waals surface area contributed by atoms with Crippen LogP contribution in [0.15, 0.2) is 35.7 Å². The molecule has 0 bridgehead atoms. The average Bonchev–Trinajstić information content (AvgIpc) is 3.14. The molecule has 24 heavy (non-hydrogen) atoms. The first-order valence-electron chi connectivity index (χ1n) is 7.51. The van der Waals surface area contributed by atoms with Gasteiger partial charge in [0.1, 0.15) is 10.8 Å². The Balaban J connectivity index is 1.71. The lowest BCUT2D eigenvalue weighted by Crippen LogP contribution is -2.14. The van der Waals surface area contributed by atoms with Gasteiger partial charge in [-0.2, -0.15) is 0 Å². The molecule has 1 N–H and O–H groups in total. The number of anilines is 1. The van der Waals surface area contributed by atoms with Crippen LogP contribution in [0.2, 0.25) is 0 Å². The summed E-state index contributed by atoms with van der Waals surface area (Å²) in [6.07, 6.45) is 0.318. The molecule has 3 aromatic rings. The van der Waals surface area contributed by atoms with E-state index < -0.39 is 0 Å². The molecule has 3 rings (SSSR count). The van der Waals surface area contributed by atoms with Crippen LogP contribution in [-0.4, -0.2) is 18.0 Å². The Labute approximate surface area is 149 Å². The topological polar surface area (TPSA) is 51.2 Å². The predicted molar refractivity (Wildman–Crippen MR) is 100 cm³/mol. The predicted octanol–water partition coefficient (Wildman–Crippen LogP) is 4.68. The summed E-state index contributed by atoms with van der Waals surface area (Å²) in [5, 5.41) is 6.03. The van der Waals surface area contributed by atoms with Gasteiger partial charge in [0.2, 0.25) is 5.91 Å². The molecule has 0 saturated heterocycles. The summed E-state index contributed by atoms with van der Waals surface area (Å²) in [7, 11) is 1.62. The summed E-state index contributed by atoms with van der Waals surface area (Å²) in [6.45, 7) is 3.99. The minimum absolute atomic E-state index is 0.0361. The van der Waals surface area contributed by atoms with Gasteiger partial charge in [-0.1, -0.05) is 12.1 Å². The van der Waals surface area contributed by atoms with E-state index in [4.69, 9.17) is 4.74 Å². The van der Waals surface area contributed by atoms with Crippen molar-refractivity contribution in [2.75, 3.05) is 12.4 Å². The Morgan fingerprint density at radius 3 is 2.83 bits per heavy atom. The first kappa shape index (κ1) is 16.7. The highest BCUT2D eigenvalue weighted by atomic mass is 32.1. The zero-order valence-electron chi connectivity index (χ0n) is 13.8. The van der Waals surface area contributed by atoms with Crippen LogP contribution in [0.5, 0.6) is 5.75 Å². The summed E-state index contributed by atoms with van der Waals surface area (Å²) in [4.78, 5) is 19.0. The lowest BCUT2D eigenvalue weighted by molar-refractivity contribution is -0.115. The van der Waals surface area contributed by atoms with Gasteiger partial charge in [-0.3, -0.25) is 4.79 Å². The molecular weight excluding hydrogens is 340 g/mol. The van der Waals surface area contributed by atoms with Crippen LogP contribution in [0, 0.1) is 13.8 Å². The molecule has 1 aromatic carbocycles. The number of amides is 1. The molecule has 0 radical (unpaired) electrons. The number of carbonyl (C=O) groups excluding carboxylic acids is 1. The van der Waals surface area contributed by atoms with Crippen molar-refractivity contribution in [1.29, 1.82) is 0 Å². The van der Waals surface area contributed by atoms with Gasteiger partial charge in [0.05, 0.1) is 24.1 Å². The minimum atomic E-state index is -0.0361. The molecule has 0 aliphatic rings. The average molecular weight is 358 g/mol. The molecule has 0 unspecified atom stereocenters. The standard InChI is InChI=1S/C18H18N2O2S2/c1-11-10-23-18(19-11)16-9-15(12(2)24-16)20-17(21)8-13-5-4-6-14(7-13)22-3/h4-7,9-10H,8H2,1-3H3,(H,20,21). The fourth-order valence-corrected chi connectivity index (χ4v) is 4.18. The van der Waals surface area contributed by atoms with Crippen LogP contribution < -0.4 is 10.1 Å². The lowest BCUT2D eigenvalue weighted by Gasteiger charge is -2.06. The van der Waals surface area contributed by atoms with Crippen molar-refractivity contribution in [1.82, 2.24) is 4.98 Å². The Morgan fingerprint density at radius 1 is 1.29 bits per heavy atom. The van der Waals surface area contributed by atoms with Crippen molar-refractivity contribution >= 4 is 34.3 Å². The van der Waals surface area contributed by atoms with Gasteiger partial charge in [0.25, 0.3) is 0 Å². The molecule has 0 aliphatic carbocycles. The zero-order chi connectivity index (χ0) is 17.1. The molecule has 2 aromatic heterocycles. The first-order chi connectivity index (χ1) is 11.5. The van der Waals surface area contributed by atoms with Gasteiger partial charge in [0.15, 0.2) is 0 Å². The molecule has 0 spiro atoms. The van der Waals surface area contributed by atoms with Gasteiger partial charge < -0.3 is 10.1 Å². The second-order valence-electron chi connectivity index (χ2n) is 5.45. The molecule has 6 heteroatoms. The summed E-state index contributed by atoms with van der Waals surface area (Å²) >= 11 is 3.27. The quantitative estimate of drug-likeness (QED) is 0.720. The monoisotopic (exact) mass is 358 g/mol. The Hall–Kier alpha value is -2.18. The number of rotatable bonds is 5. The van der Waals surface area contributed by atoms with Crippen molar-refractivity contribution < 1.29 is 9.53 Å². The molecule has 0 saturated carbocycles. The van der Waals surface area contributed by atoms with Crippen LogP contribution in [-0.2, 0) is 11.2 Å². The Kier molecular flexibility index (Phi) is 4.97. The summed E-state index contributed by atoms with van der Waals surface area (Å²) in [5.41, 5.74) is 2.80. The van der Waals surface area contributed by atoms with Crippen molar-refractivity contribution in [2.24, 2.45) is 0 Å². The van der Waals surface area contributed by atoms with E-state index in [-0.39, 0.29) is 5.91 Å². The molecule has 0 atom stereocenters. The maximum atomic E-state index is 12.3. The fourth-order valence-electron chi connectivity index (χ4n) is 2.34. The number of thiazole rings is 1. The number of benzene rings is 1. The third-order valence-electron chi connectivity index (χ3n) is 3.52. The first-order valence-corrected chi connectivity index (χ1v) is 9.20. The van der Waals surface area contributed by atoms with Gasteiger partial charge >= 0.3 is 0 Å². The smallest absolute Gasteiger partial charge is 0.228 e. The van der Waals surface area contributed by atoms with Crippen molar-refractivity contribution in [3.05, 3.63) is 51.8 Å². The molecule has 1 amide bonds. The van der Waals surface area contributed by atoms with E-state index in [0.717, 1.165) is 37.5 Å². The Bertz CT molecular complexity index is 868. The second-order valence-corrected chi connectivity index (χ2v) is 7.57. The highest BCUT2D eigenvalue weighted by Gasteiger charge is 2.13. The highest BCUT2D eigenvalue weighted by Crippen LogP contribution is 2.35. The number of carbonyl (C=O) groups is 1. The van der Waals surface area contributed by atoms with E-state index in [1.54, 1.807) is 29.8 Å². The van der Waals surface area contributed by atoms with Crippen LogP contribution in [0.4, 0.5) is 5.69 Å². The van der Waals surface area contributed by atoms with Crippen molar-refractivity contribution in [3.63, 3.8) is 0 Å². The van der Waals surface area contributed by atoms with Crippen molar-refractivity contribution in [2.45, 2.75) is 20.3 Å². The molecule has 4 nitrogen and oxygen atoms in total. The number of nitrogens with one attached hydrogen (secondary N) is 1. The number of methoxy groups -OCH3 is 1. The number of hydrogen-bond acceptors (Lipinski definition) is 5. The second kappa shape index (κ2) is 7.15. The van der Waals surface area contributed by atoms with Crippen molar-refractivity contribution in [3.8, 4) is 15.6 Å². The molecular formula is C18H18N2O2S2. The maximum absolute atomic E-state index is 12.3. The minimum Gasteiger partial charge on any atom is -0.497 e. The van der Waals surface area contributed by atoms with E-state index >= 15 is 0 Å². The molecule has 0 fully saturated rings. The van der Waals surface area contributed by atoms with Gasteiger partial charge in [0, 0.05) is 16.0 Å². The number of hydrogen-bond donors (Lipinski definition) is 1.